The average Bonchev–Trinajstić information content (AvgIpc) is 3.26. The summed E-state index contributed by atoms with van der Waals surface area (Å²) in [6, 6.07) is 12.0. The first-order chi connectivity index (χ1) is 13.7. The summed E-state index contributed by atoms with van der Waals surface area (Å²) in [7, 11) is 0. The second-order valence-electron chi connectivity index (χ2n) is 6.28. The third-order valence-electron chi connectivity index (χ3n) is 4.03. The molecule has 0 fully saturated rings. The molecular formula is C21H26N6O. The maximum atomic E-state index is 5.75. The van der Waals surface area contributed by atoms with Gasteiger partial charge >= 0.3 is 0 Å². The van der Waals surface area contributed by atoms with E-state index in [2.05, 4.69) is 32.5 Å². The Kier molecular flexibility index (Phi) is 7.01. The molecule has 2 heterocycles. The highest BCUT2D eigenvalue weighted by Gasteiger charge is 2.01. The molecule has 0 unspecified atom stereocenters. The minimum atomic E-state index is 0.554. The van der Waals surface area contributed by atoms with Gasteiger partial charge in [0.05, 0.1) is 13.1 Å². The topological polar surface area (TPSA) is 76.4 Å². The van der Waals surface area contributed by atoms with Crippen LogP contribution in [-0.4, -0.2) is 40.2 Å². The van der Waals surface area contributed by atoms with Crippen molar-refractivity contribution in [1.82, 2.24) is 25.2 Å². The van der Waals surface area contributed by atoms with Crippen molar-refractivity contribution in [3.8, 4) is 11.6 Å². The van der Waals surface area contributed by atoms with Crippen LogP contribution in [0.15, 0.2) is 66.3 Å². The number of guanidine groups is 1. The molecule has 7 heteroatoms. The minimum Gasteiger partial charge on any atom is -0.492 e. The van der Waals surface area contributed by atoms with Gasteiger partial charge in [0.25, 0.3) is 0 Å². The normalized spacial score (nSPS) is 11.3. The number of pyridine rings is 1. The molecule has 2 N–H and O–H groups in total. The van der Waals surface area contributed by atoms with Gasteiger partial charge in [0.1, 0.15) is 24.5 Å². The summed E-state index contributed by atoms with van der Waals surface area (Å²) in [6.45, 7) is 6.68. The van der Waals surface area contributed by atoms with Gasteiger partial charge in [-0.3, -0.25) is 4.57 Å². The zero-order valence-electron chi connectivity index (χ0n) is 16.3. The number of hydrogen-bond donors (Lipinski definition) is 2. The molecule has 3 rings (SSSR count). The molecule has 0 amide bonds. The molecule has 7 nitrogen and oxygen atoms in total. The van der Waals surface area contributed by atoms with Crippen molar-refractivity contribution in [2.75, 3.05) is 19.7 Å². The number of nitrogens with zero attached hydrogens (tertiary/aromatic N) is 4. The first-order valence-corrected chi connectivity index (χ1v) is 9.39. The van der Waals surface area contributed by atoms with Crippen molar-refractivity contribution in [2.45, 2.75) is 20.4 Å². The monoisotopic (exact) mass is 378 g/mol. The van der Waals surface area contributed by atoms with Gasteiger partial charge in [-0.05, 0) is 43.7 Å². The average molecular weight is 378 g/mol. The summed E-state index contributed by atoms with van der Waals surface area (Å²) in [5.74, 6) is 2.46. The Morgan fingerprint density at radius 2 is 2.00 bits per heavy atom. The van der Waals surface area contributed by atoms with E-state index < -0.39 is 0 Å². The van der Waals surface area contributed by atoms with E-state index in [1.54, 1.807) is 18.7 Å². The molecule has 28 heavy (non-hydrogen) atoms. The number of aromatic nitrogens is 3. The fourth-order valence-electron chi connectivity index (χ4n) is 2.58. The summed E-state index contributed by atoms with van der Waals surface area (Å²) in [5, 5.41) is 6.55. The Hall–Kier alpha value is -3.35. The van der Waals surface area contributed by atoms with E-state index >= 15 is 0 Å². The van der Waals surface area contributed by atoms with Gasteiger partial charge in [-0.1, -0.05) is 17.7 Å². The molecule has 0 atom stereocenters. The molecule has 2 aromatic heterocycles. The van der Waals surface area contributed by atoms with Crippen LogP contribution >= 0.6 is 0 Å². The van der Waals surface area contributed by atoms with Gasteiger partial charge in [0.2, 0.25) is 0 Å². The summed E-state index contributed by atoms with van der Waals surface area (Å²) >= 11 is 0. The zero-order chi connectivity index (χ0) is 19.6. The molecule has 146 valence electrons. The van der Waals surface area contributed by atoms with Crippen LogP contribution in [0.5, 0.6) is 5.75 Å². The summed E-state index contributed by atoms with van der Waals surface area (Å²) < 4.78 is 7.62. The van der Waals surface area contributed by atoms with Crippen LogP contribution in [0.2, 0.25) is 0 Å². The maximum absolute atomic E-state index is 5.75. The van der Waals surface area contributed by atoms with Crippen molar-refractivity contribution in [3.05, 3.63) is 72.4 Å². The Labute approximate surface area is 165 Å². The van der Waals surface area contributed by atoms with Crippen LogP contribution in [0.25, 0.3) is 5.82 Å². The first-order valence-electron chi connectivity index (χ1n) is 9.39. The van der Waals surface area contributed by atoms with Gasteiger partial charge in [-0.15, -0.1) is 0 Å². The Bertz CT molecular complexity index is 874. The van der Waals surface area contributed by atoms with E-state index in [1.807, 2.05) is 54.1 Å². The first kappa shape index (κ1) is 19.4. The van der Waals surface area contributed by atoms with Crippen molar-refractivity contribution < 1.29 is 4.74 Å². The number of hydrogen-bond acceptors (Lipinski definition) is 4. The molecule has 0 aliphatic heterocycles. The van der Waals surface area contributed by atoms with Crippen molar-refractivity contribution >= 4 is 5.96 Å². The van der Waals surface area contributed by atoms with E-state index in [-0.39, 0.29) is 0 Å². The Balaban J connectivity index is 1.52. The van der Waals surface area contributed by atoms with E-state index in [0.717, 1.165) is 29.6 Å². The van der Waals surface area contributed by atoms with Gasteiger partial charge in [-0.25, -0.2) is 15.0 Å². The highest BCUT2D eigenvalue weighted by atomic mass is 16.5. The van der Waals surface area contributed by atoms with Gasteiger partial charge in [0, 0.05) is 25.1 Å². The number of nitrogens with one attached hydrogen (secondary N) is 2. The number of aliphatic imine (C=N–C) groups is 1. The predicted octanol–water partition coefficient (Wildman–Crippen LogP) is 2.71. The second-order valence-corrected chi connectivity index (χ2v) is 6.28. The quantitative estimate of drug-likeness (QED) is 0.358. The van der Waals surface area contributed by atoms with Crippen molar-refractivity contribution in [2.24, 2.45) is 4.99 Å². The molecule has 0 bridgehead atoms. The van der Waals surface area contributed by atoms with Crippen LogP contribution < -0.4 is 15.4 Å². The number of ether oxygens (including phenoxy) is 1. The van der Waals surface area contributed by atoms with Crippen molar-refractivity contribution in [1.29, 1.82) is 0 Å². The Morgan fingerprint density at radius 3 is 2.75 bits per heavy atom. The van der Waals surface area contributed by atoms with Crippen LogP contribution in [0, 0.1) is 6.92 Å². The second kappa shape index (κ2) is 10.1. The number of imidazole rings is 1. The third-order valence-corrected chi connectivity index (χ3v) is 4.03. The fraction of sp³-hybridized carbons (Fsp3) is 0.286. The van der Waals surface area contributed by atoms with E-state index in [4.69, 9.17) is 4.74 Å². The Morgan fingerprint density at radius 1 is 1.14 bits per heavy atom. The molecule has 0 spiro atoms. The maximum Gasteiger partial charge on any atom is 0.191 e. The SMILES string of the molecule is CCNC(=NCc1ccnc(-n2ccnc2)c1)NCCOc1ccc(C)cc1. The zero-order valence-corrected chi connectivity index (χ0v) is 16.3. The van der Waals surface area contributed by atoms with Gasteiger partial charge in [0.15, 0.2) is 5.96 Å². The lowest BCUT2D eigenvalue weighted by Crippen LogP contribution is -2.39. The van der Waals surface area contributed by atoms with Crippen molar-refractivity contribution in [3.63, 3.8) is 0 Å². The van der Waals surface area contributed by atoms with E-state index in [1.165, 1.54) is 5.56 Å². The molecule has 0 aliphatic carbocycles. The number of benzene rings is 1. The third kappa shape index (κ3) is 5.84. The molecule has 0 radical (unpaired) electrons. The molecule has 0 saturated carbocycles. The number of aryl methyl sites for hydroxylation is 1. The summed E-state index contributed by atoms with van der Waals surface area (Å²) in [6.07, 6.45) is 7.12. The molecule has 1 aromatic carbocycles. The highest BCUT2D eigenvalue weighted by molar-refractivity contribution is 5.79. The number of rotatable bonds is 8. The fourth-order valence-corrected chi connectivity index (χ4v) is 2.58. The standard InChI is InChI=1S/C21H26N6O/c1-3-23-21(25-11-13-28-19-6-4-17(2)5-7-19)26-15-18-8-9-24-20(14-18)27-12-10-22-16-27/h4-10,12,14,16H,3,11,13,15H2,1-2H3,(H2,23,25,26). The molecule has 3 aromatic rings. The lowest BCUT2D eigenvalue weighted by atomic mass is 10.2. The molecule has 0 aliphatic rings. The highest BCUT2D eigenvalue weighted by Crippen LogP contribution is 2.11. The van der Waals surface area contributed by atoms with Crippen LogP contribution in [0.1, 0.15) is 18.1 Å². The van der Waals surface area contributed by atoms with Crippen LogP contribution in [-0.2, 0) is 6.54 Å². The van der Waals surface area contributed by atoms with E-state index in [0.29, 0.717) is 19.7 Å². The summed E-state index contributed by atoms with van der Waals surface area (Å²) in [4.78, 5) is 13.1. The minimum absolute atomic E-state index is 0.554. The molecule has 0 saturated heterocycles. The van der Waals surface area contributed by atoms with Gasteiger partial charge in [-0.2, -0.15) is 0 Å². The van der Waals surface area contributed by atoms with Crippen LogP contribution in [0.4, 0.5) is 0 Å². The summed E-state index contributed by atoms with van der Waals surface area (Å²) in [5.41, 5.74) is 2.30. The molecular weight excluding hydrogens is 352 g/mol. The lowest BCUT2D eigenvalue weighted by Gasteiger charge is -2.12. The smallest absolute Gasteiger partial charge is 0.191 e. The largest absolute Gasteiger partial charge is 0.492 e. The van der Waals surface area contributed by atoms with Crippen LogP contribution in [0.3, 0.4) is 0 Å². The predicted molar refractivity (Wildman–Crippen MR) is 111 cm³/mol. The van der Waals surface area contributed by atoms with Gasteiger partial charge < -0.3 is 15.4 Å². The van der Waals surface area contributed by atoms with E-state index in [9.17, 15) is 0 Å². The lowest BCUT2D eigenvalue weighted by molar-refractivity contribution is 0.322.